The van der Waals surface area contributed by atoms with Gasteiger partial charge in [-0.3, -0.25) is 4.79 Å². The molecule has 0 aliphatic rings. The number of aromatic nitrogens is 2. The number of rotatable bonds is 8. The molecule has 3 rings (SSSR count). The summed E-state index contributed by atoms with van der Waals surface area (Å²) in [4.78, 5) is 24.8. The predicted octanol–water partition coefficient (Wildman–Crippen LogP) is 3.74. The van der Waals surface area contributed by atoms with Crippen molar-refractivity contribution >= 4 is 27.3 Å². The minimum absolute atomic E-state index is 0.0203. The summed E-state index contributed by atoms with van der Waals surface area (Å²) in [6.07, 6.45) is 0. The number of ketones is 1. The third kappa shape index (κ3) is 4.41. The molecule has 0 aliphatic heterocycles. The zero-order valence-corrected chi connectivity index (χ0v) is 18.7. The molecule has 7 heteroatoms. The van der Waals surface area contributed by atoms with Gasteiger partial charge in [-0.05, 0) is 58.4 Å². The Balaban J connectivity index is 2.09. The fraction of sp³-hybridized carbons (Fsp3) is 0.409. The Kier molecular flexibility index (Phi) is 6.49. The number of quaternary nitrogens is 1. The third-order valence-corrected chi connectivity index (χ3v) is 6.33. The number of fused-ring (bicyclic) bond motifs is 1. The number of nitrogens with zero attached hydrogens (tertiary/aromatic N) is 2. The molecule has 0 atom stereocenters. The lowest BCUT2D eigenvalue weighted by Gasteiger charge is -2.16. The number of thiophene rings is 1. The molecule has 154 valence electrons. The summed E-state index contributed by atoms with van der Waals surface area (Å²) in [5.41, 5.74) is 1.71. The SMILES string of the molecule is CC[NH+](CC)Cc1nc(Oc2ccc(C(C)=O)cc2OC)c2c(C)c(C)sc2n1. The number of carbonyl (C=O) groups excluding carboxylic acids is 1. The second kappa shape index (κ2) is 8.88. The number of Topliss-reactive ketones (excluding diaryl/α,β-unsaturated/α-hetero) is 1. The fourth-order valence-corrected chi connectivity index (χ4v) is 4.25. The molecule has 0 saturated heterocycles. The number of ether oxygens (including phenoxy) is 2. The molecule has 0 spiro atoms. The van der Waals surface area contributed by atoms with Gasteiger partial charge in [0, 0.05) is 10.4 Å². The van der Waals surface area contributed by atoms with E-state index in [0.717, 1.165) is 41.2 Å². The summed E-state index contributed by atoms with van der Waals surface area (Å²) in [6.45, 7) is 12.8. The highest BCUT2D eigenvalue weighted by Crippen LogP contribution is 2.39. The number of hydrogen-bond donors (Lipinski definition) is 1. The van der Waals surface area contributed by atoms with E-state index >= 15 is 0 Å². The first-order valence-corrected chi connectivity index (χ1v) is 10.7. The molecule has 1 N–H and O–H groups in total. The van der Waals surface area contributed by atoms with E-state index in [2.05, 4.69) is 27.7 Å². The highest BCUT2D eigenvalue weighted by Gasteiger charge is 2.20. The van der Waals surface area contributed by atoms with E-state index in [0.29, 0.717) is 22.9 Å². The van der Waals surface area contributed by atoms with Crippen molar-refractivity contribution in [2.24, 2.45) is 0 Å². The van der Waals surface area contributed by atoms with Crippen LogP contribution in [0.2, 0.25) is 0 Å². The first-order chi connectivity index (χ1) is 13.9. The number of nitrogens with one attached hydrogen (secondary N) is 1. The van der Waals surface area contributed by atoms with Crippen LogP contribution in [0.25, 0.3) is 10.2 Å². The van der Waals surface area contributed by atoms with Gasteiger partial charge >= 0.3 is 0 Å². The van der Waals surface area contributed by atoms with Crippen molar-refractivity contribution in [1.29, 1.82) is 0 Å². The molecule has 3 aromatic rings. The Morgan fingerprint density at radius 1 is 1.14 bits per heavy atom. The smallest absolute Gasteiger partial charge is 0.232 e. The second-order valence-electron chi connectivity index (χ2n) is 7.07. The number of aryl methyl sites for hydroxylation is 2. The molecule has 0 saturated carbocycles. The molecule has 6 nitrogen and oxygen atoms in total. The van der Waals surface area contributed by atoms with Crippen LogP contribution in [0.3, 0.4) is 0 Å². The van der Waals surface area contributed by atoms with Crippen LogP contribution in [0.1, 0.15) is 47.4 Å². The predicted molar refractivity (Wildman–Crippen MR) is 116 cm³/mol. The van der Waals surface area contributed by atoms with E-state index in [1.807, 2.05) is 0 Å². The summed E-state index contributed by atoms with van der Waals surface area (Å²) in [5, 5.41) is 0.934. The molecule has 0 amide bonds. The maximum absolute atomic E-state index is 11.7. The molecular weight excluding hydrogens is 386 g/mol. The van der Waals surface area contributed by atoms with Gasteiger partial charge in [0.15, 0.2) is 23.1 Å². The molecule has 0 unspecified atom stereocenters. The zero-order valence-electron chi connectivity index (χ0n) is 17.9. The van der Waals surface area contributed by atoms with E-state index in [1.54, 1.807) is 36.6 Å². The monoisotopic (exact) mass is 414 g/mol. The van der Waals surface area contributed by atoms with Gasteiger partial charge in [-0.15, -0.1) is 11.3 Å². The van der Waals surface area contributed by atoms with Crippen molar-refractivity contribution in [2.45, 2.75) is 41.2 Å². The molecule has 0 aliphatic carbocycles. The largest absolute Gasteiger partial charge is 0.493 e. The van der Waals surface area contributed by atoms with Crippen molar-refractivity contribution in [3.63, 3.8) is 0 Å². The Morgan fingerprint density at radius 3 is 2.48 bits per heavy atom. The van der Waals surface area contributed by atoms with Crippen LogP contribution >= 0.6 is 11.3 Å². The normalized spacial score (nSPS) is 11.3. The summed E-state index contributed by atoms with van der Waals surface area (Å²) in [7, 11) is 1.57. The molecule has 2 heterocycles. The minimum atomic E-state index is -0.0203. The number of carbonyl (C=O) groups is 1. The lowest BCUT2D eigenvalue weighted by atomic mass is 10.1. The Labute approximate surface area is 175 Å². The Morgan fingerprint density at radius 2 is 1.86 bits per heavy atom. The van der Waals surface area contributed by atoms with Crippen LogP contribution in [-0.2, 0) is 6.54 Å². The molecule has 0 fully saturated rings. The van der Waals surface area contributed by atoms with Crippen LogP contribution < -0.4 is 14.4 Å². The van der Waals surface area contributed by atoms with Gasteiger partial charge in [0.05, 0.1) is 25.6 Å². The topological polar surface area (TPSA) is 65.8 Å². The van der Waals surface area contributed by atoms with Gasteiger partial charge in [-0.25, -0.2) is 4.98 Å². The maximum atomic E-state index is 11.7. The lowest BCUT2D eigenvalue weighted by Crippen LogP contribution is -3.10. The minimum Gasteiger partial charge on any atom is -0.493 e. The van der Waals surface area contributed by atoms with Gasteiger partial charge in [0.2, 0.25) is 5.88 Å². The van der Waals surface area contributed by atoms with Crippen LogP contribution in [-0.4, -0.2) is 36.0 Å². The van der Waals surface area contributed by atoms with E-state index in [4.69, 9.17) is 19.4 Å². The van der Waals surface area contributed by atoms with Crippen LogP contribution in [0.4, 0.5) is 0 Å². The highest BCUT2D eigenvalue weighted by atomic mass is 32.1. The summed E-state index contributed by atoms with van der Waals surface area (Å²) >= 11 is 1.66. The molecule has 2 aromatic heterocycles. The molecule has 0 radical (unpaired) electrons. The van der Waals surface area contributed by atoms with Gasteiger partial charge in [-0.1, -0.05) is 0 Å². The lowest BCUT2D eigenvalue weighted by molar-refractivity contribution is -0.910. The third-order valence-electron chi connectivity index (χ3n) is 5.23. The van der Waals surface area contributed by atoms with E-state index < -0.39 is 0 Å². The maximum Gasteiger partial charge on any atom is 0.232 e. The molecule has 29 heavy (non-hydrogen) atoms. The Hall–Kier alpha value is -2.51. The number of hydrogen-bond acceptors (Lipinski definition) is 6. The van der Waals surface area contributed by atoms with Gasteiger partial charge in [0.1, 0.15) is 11.4 Å². The molecule has 1 aromatic carbocycles. The highest BCUT2D eigenvalue weighted by molar-refractivity contribution is 7.18. The molecular formula is C22H28N3O3S+. The van der Waals surface area contributed by atoms with Gasteiger partial charge < -0.3 is 14.4 Å². The Bertz CT molecular complexity index is 1040. The van der Waals surface area contributed by atoms with Crippen molar-refractivity contribution in [3.05, 3.63) is 40.0 Å². The quantitative estimate of drug-likeness (QED) is 0.569. The number of methoxy groups -OCH3 is 1. The first kappa shape index (κ1) is 21.2. The van der Waals surface area contributed by atoms with Crippen LogP contribution in [0, 0.1) is 13.8 Å². The first-order valence-electron chi connectivity index (χ1n) is 9.84. The average Bonchev–Trinajstić information content (AvgIpc) is 3.00. The van der Waals surface area contributed by atoms with Crippen molar-refractivity contribution in [2.75, 3.05) is 20.2 Å². The van der Waals surface area contributed by atoms with Crippen molar-refractivity contribution in [1.82, 2.24) is 9.97 Å². The van der Waals surface area contributed by atoms with Gasteiger partial charge in [0.25, 0.3) is 0 Å². The summed E-state index contributed by atoms with van der Waals surface area (Å²) in [6, 6.07) is 5.20. The summed E-state index contributed by atoms with van der Waals surface area (Å²) < 4.78 is 11.7. The fourth-order valence-electron chi connectivity index (χ4n) is 3.21. The van der Waals surface area contributed by atoms with Crippen LogP contribution in [0.15, 0.2) is 18.2 Å². The van der Waals surface area contributed by atoms with Gasteiger partial charge in [-0.2, -0.15) is 4.98 Å². The van der Waals surface area contributed by atoms with E-state index in [9.17, 15) is 4.79 Å². The van der Waals surface area contributed by atoms with E-state index in [-0.39, 0.29) is 5.78 Å². The van der Waals surface area contributed by atoms with Crippen LogP contribution in [0.5, 0.6) is 17.4 Å². The van der Waals surface area contributed by atoms with Crippen molar-refractivity contribution in [3.8, 4) is 17.4 Å². The standard InChI is InChI=1S/C22H27N3O3S/c1-7-25(8-2)12-19-23-21(20-13(3)15(5)29-22(20)24-19)28-17-10-9-16(14(4)26)11-18(17)27-6/h9-11H,7-8,12H2,1-6H3/p+1. The zero-order chi connectivity index (χ0) is 21.1. The molecule has 0 bridgehead atoms. The average molecular weight is 415 g/mol. The van der Waals surface area contributed by atoms with E-state index in [1.165, 1.54) is 16.7 Å². The van der Waals surface area contributed by atoms with Crippen molar-refractivity contribution < 1.29 is 19.2 Å². The second-order valence-corrected chi connectivity index (χ2v) is 8.27. The summed E-state index contributed by atoms with van der Waals surface area (Å²) in [5.74, 6) is 2.32. The number of benzene rings is 1.